The van der Waals surface area contributed by atoms with Gasteiger partial charge in [-0.1, -0.05) is 18.0 Å². The van der Waals surface area contributed by atoms with Crippen molar-refractivity contribution in [1.29, 1.82) is 0 Å². The maximum Gasteiger partial charge on any atom is 0.225 e. The molecule has 2 heterocycles. The fraction of sp³-hybridized carbons (Fsp3) is 0.769. The topological polar surface area (TPSA) is 80.0 Å². The fourth-order valence-electron chi connectivity index (χ4n) is 3.09. The zero-order chi connectivity index (χ0) is 13.3. The summed E-state index contributed by atoms with van der Waals surface area (Å²) in [6.07, 6.45) is 4.90. The molecule has 0 aromatic carbocycles. The summed E-state index contributed by atoms with van der Waals surface area (Å²) in [5.74, 6) is 1.39. The van der Waals surface area contributed by atoms with E-state index in [0.29, 0.717) is 11.7 Å². The smallest absolute Gasteiger partial charge is 0.225 e. The van der Waals surface area contributed by atoms with Crippen molar-refractivity contribution in [3.8, 4) is 0 Å². The van der Waals surface area contributed by atoms with Crippen LogP contribution in [0.2, 0.25) is 0 Å². The standard InChI is InChI=1S/C13H20N4O2.ClH/c1-9-15-12(17-19-9)13(5-2-3-6-13)16-11(18)10-4-7-14-8-10;/h10,14H,2-8H2,1H3,(H,16,18);1H. The van der Waals surface area contributed by atoms with Gasteiger partial charge in [-0.25, -0.2) is 0 Å². The van der Waals surface area contributed by atoms with E-state index in [2.05, 4.69) is 20.8 Å². The Labute approximate surface area is 124 Å². The SMILES string of the molecule is Cc1nc(C2(NC(=O)C3CCNC3)CCCC2)no1.Cl. The number of halogens is 1. The minimum atomic E-state index is -0.405. The fourth-order valence-corrected chi connectivity index (χ4v) is 3.09. The van der Waals surface area contributed by atoms with Gasteiger partial charge in [0, 0.05) is 13.5 Å². The predicted octanol–water partition coefficient (Wildman–Crippen LogP) is 1.29. The van der Waals surface area contributed by atoms with Crippen molar-refractivity contribution in [1.82, 2.24) is 20.8 Å². The first kappa shape index (κ1) is 15.3. The van der Waals surface area contributed by atoms with Gasteiger partial charge in [0.1, 0.15) is 5.54 Å². The Balaban J connectivity index is 0.00000147. The maximum absolute atomic E-state index is 12.3. The van der Waals surface area contributed by atoms with Crippen molar-refractivity contribution in [3.63, 3.8) is 0 Å². The van der Waals surface area contributed by atoms with Crippen LogP contribution in [0.5, 0.6) is 0 Å². The summed E-state index contributed by atoms with van der Waals surface area (Å²) < 4.78 is 5.08. The first-order valence-electron chi connectivity index (χ1n) is 7.03. The molecule has 2 aliphatic rings. The van der Waals surface area contributed by atoms with Gasteiger partial charge in [0.15, 0.2) is 5.82 Å². The number of nitrogens with zero attached hydrogens (tertiary/aromatic N) is 2. The molecule has 7 heteroatoms. The van der Waals surface area contributed by atoms with Gasteiger partial charge in [-0.3, -0.25) is 4.79 Å². The third kappa shape index (κ3) is 2.81. The number of rotatable bonds is 3. The van der Waals surface area contributed by atoms with Crippen LogP contribution in [0.4, 0.5) is 0 Å². The molecule has 3 rings (SSSR count). The molecule has 1 aromatic rings. The highest BCUT2D eigenvalue weighted by Crippen LogP contribution is 2.37. The Kier molecular flexibility index (Phi) is 4.65. The highest BCUT2D eigenvalue weighted by atomic mass is 35.5. The molecule has 1 aliphatic carbocycles. The Morgan fingerprint density at radius 3 is 2.75 bits per heavy atom. The summed E-state index contributed by atoms with van der Waals surface area (Å²) >= 11 is 0. The second-order valence-corrected chi connectivity index (χ2v) is 5.61. The summed E-state index contributed by atoms with van der Waals surface area (Å²) in [5, 5.41) is 10.5. The third-order valence-electron chi connectivity index (χ3n) is 4.21. The summed E-state index contributed by atoms with van der Waals surface area (Å²) in [7, 11) is 0. The molecule has 1 saturated carbocycles. The molecular weight excluding hydrogens is 280 g/mol. The average Bonchev–Trinajstić information content (AvgIpc) is 3.08. The van der Waals surface area contributed by atoms with Crippen LogP contribution in [-0.2, 0) is 10.3 Å². The van der Waals surface area contributed by atoms with E-state index in [0.717, 1.165) is 45.2 Å². The number of aryl methyl sites for hydroxylation is 1. The van der Waals surface area contributed by atoms with Crippen LogP contribution in [0.15, 0.2) is 4.52 Å². The Bertz CT molecular complexity index is 465. The van der Waals surface area contributed by atoms with E-state index in [-0.39, 0.29) is 24.2 Å². The molecule has 1 aromatic heterocycles. The molecule has 1 saturated heterocycles. The summed E-state index contributed by atoms with van der Waals surface area (Å²) in [6.45, 7) is 3.47. The Hall–Kier alpha value is -1.14. The van der Waals surface area contributed by atoms with Gasteiger partial charge in [-0.2, -0.15) is 4.98 Å². The second-order valence-electron chi connectivity index (χ2n) is 5.61. The van der Waals surface area contributed by atoms with Gasteiger partial charge >= 0.3 is 0 Å². The van der Waals surface area contributed by atoms with Gasteiger partial charge in [0.2, 0.25) is 11.8 Å². The van der Waals surface area contributed by atoms with Crippen molar-refractivity contribution in [2.75, 3.05) is 13.1 Å². The molecular formula is C13H21ClN4O2. The first-order valence-corrected chi connectivity index (χ1v) is 7.03. The largest absolute Gasteiger partial charge is 0.343 e. The number of hydrogen-bond donors (Lipinski definition) is 2. The molecule has 0 spiro atoms. The van der Waals surface area contributed by atoms with E-state index in [1.54, 1.807) is 6.92 Å². The lowest BCUT2D eigenvalue weighted by Crippen LogP contribution is -2.47. The molecule has 1 amide bonds. The highest BCUT2D eigenvalue weighted by Gasteiger charge is 2.42. The first-order chi connectivity index (χ1) is 9.20. The lowest BCUT2D eigenvalue weighted by Gasteiger charge is -2.28. The van der Waals surface area contributed by atoms with Crippen molar-refractivity contribution in [2.45, 2.75) is 44.6 Å². The van der Waals surface area contributed by atoms with E-state index >= 15 is 0 Å². The summed E-state index contributed by atoms with van der Waals surface area (Å²) in [5.41, 5.74) is -0.405. The number of carbonyl (C=O) groups excluding carboxylic acids is 1. The van der Waals surface area contributed by atoms with Crippen molar-refractivity contribution >= 4 is 18.3 Å². The van der Waals surface area contributed by atoms with Gasteiger partial charge in [0.25, 0.3) is 0 Å². The van der Waals surface area contributed by atoms with E-state index in [4.69, 9.17) is 4.52 Å². The van der Waals surface area contributed by atoms with Crippen LogP contribution in [0, 0.1) is 12.8 Å². The zero-order valence-electron chi connectivity index (χ0n) is 11.6. The minimum absolute atomic E-state index is 0. The third-order valence-corrected chi connectivity index (χ3v) is 4.21. The zero-order valence-corrected chi connectivity index (χ0v) is 12.5. The van der Waals surface area contributed by atoms with Crippen LogP contribution in [0.1, 0.15) is 43.8 Å². The maximum atomic E-state index is 12.3. The van der Waals surface area contributed by atoms with Crippen molar-refractivity contribution < 1.29 is 9.32 Å². The van der Waals surface area contributed by atoms with Gasteiger partial charge in [-0.05, 0) is 25.8 Å². The van der Waals surface area contributed by atoms with Crippen LogP contribution in [0.25, 0.3) is 0 Å². The van der Waals surface area contributed by atoms with Crippen LogP contribution in [-0.4, -0.2) is 29.1 Å². The second kappa shape index (κ2) is 6.10. The molecule has 112 valence electrons. The molecule has 6 nitrogen and oxygen atoms in total. The van der Waals surface area contributed by atoms with Gasteiger partial charge in [0.05, 0.1) is 5.92 Å². The minimum Gasteiger partial charge on any atom is -0.343 e. The monoisotopic (exact) mass is 300 g/mol. The number of hydrogen-bond acceptors (Lipinski definition) is 5. The molecule has 1 aliphatic heterocycles. The van der Waals surface area contributed by atoms with E-state index < -0.39 is 5.54 Å². The van der Waals surface area contributed by atoms with Crippen LogP contribution >= 0.6 is 12.4 Å². The van der Waals surface area contributed by atoms with Gasteiger partial charge in [-0.15, -0.1) is 12.4 Å². The lowest BCUT2D eigenvalue weighted by molar-refractivity contribution is -0.126. The number of nitrogens with one attached hydrogen (secondary N) is 2. The summed E-state index contributed by atoms with van der Waals surface area (Å²) in [4.78, 5) is 16.7. The molecule has 2 fully saturated rings. The lowest BCUT2D eigenvalue weighted by atomic mass is 9.95. The Morgan fingerprint density at radius 1 is 1.45 bits per heavy atom. The molecule has 20 heavy (non-hydrogen) atoms. The van der Waals surface area contributed by atoms with E-state index in [9.17, 15) is 4.79 Å². The van der Waals surface area contributed by atoms with E-state index in [1.165, 1.54) is 0 Å². The van der Waals surface area contributed by atoms with Crippen molar-refractivity contribution in [3.05, 3.63) is 11.7 Å². The normalized spacial score (nSPS) is 24.4. The quantitative estimate of drug-likeness (QED) is 0.879. The van der Waals surface area contributed by atoms with Gasteiger partial charge < -0.3 is 15.2 Å². The van der Waals surface area contributed by atoms with Crippen LogP contribution < -0.4 is 10.6 Å². The molecule has 1 unspecified atom stereocenters. The molecule has 0 bridgehead atoms. The van der Waals surface area contributed by atoms with Crippen LogP contribution in [0.3, 0.4) is 0 Å². The molecule has 1 atom stereocenters. The number of amides is 1. The highest BCUT2D eigenvalue weighted by molar-refractivity contribution is 5.85. The molecule has 2 N–H and O–H groups in total. The average molecular weight is 301 g/mol. The number of carbonyl (C=O) groups is 1. The number of aromatic nitrogens is 2. The van der Waals surface area contributed by atoms with Crippen molar-refractivity contribution in [2.24, 2.45) is 5.92 Å². The predicted molar refractivity (Wildman–Crippen MR) is 75.5 cm³/mol. The summed E-state index contributed by atoms with van der Waals surface area (Å²) in [6, 6.07) is 0. The van der Waals surface area contributed by atoms with E-state index in [1.807, 2.05) is 0 Å². The Morgan fingerprint density at radius 2 is 2.20 bits per heavy atom. The molecule has 0 radical (unpaired) electrons.